The van der Waals surface area contributed by atoms with Gasteiger partial charge in [0.05, 0.1) is 11.6 Å². The normalized spacial score (nSPS) is 16.6. The van der Waals surface area contributed by atoms with Crippen molar-refractivity contribution in [1.82, 2.24) is 10.3 Å². The molecule has 1 aromatic rings. The van der Waals surface area contributed by atoms with E-state index >= 15 is 0 Å². The molecule has 1 aliphatic rings. The number of hydrogen-bond donors (Lipinski definition) is 1. The summed E-state index contributed by atoms with van der Waals surface area (Å²) in [7, 11) is 0. The van der Waals surface area contributed by atoms with Crippen molar-refractivity contribution in [1.29, 1.82) is 5.26 Å². The van der Waals surface area contributed by atoms with Crippen molar-refractivity contribution < 1.29 is 0 Å². The molecule has 1 aliphatic heterocycles. The Hall–Kier alpha value is -1.60. The summed E-state index contributed by atoms with van der Waals surface area (Å²) in [6.07, 6.45) is 4.12. The number of nitrogens with zero attached hydrogens (tertiary/aromatic N) is 3. The van der Waals surface area contributed by atoms with Crippen LogP contribution in [0, 0.1) is 17.2 Å². The molecule has 0 spiro atoms. The van der Waals surface area contributed by atoms with Crippen LogP contribution in [0.2, 0.25) is 0 Å². The Labute approximate surface area is 109 Å². The minimum Gasteiger partial charge on any atom is -0.357 e. The zero-order chi connectivity index (χ0) is 12.8. The lowest BCUT2D eigenvalue weighted by Crippen LogP contribution is -2.37. The zero-order valence-corrected chi connectivity index (χ0v) is 10.9. The first-order valence-corrected chi connectivity index (χ1v) is 6.65. The third kappa shape index (κ3) is 3.21. The highest BCUT2D eigenvalue weighted by Gasteiger charge is 2.19. The summed E-state index contributed by atoms with van der Waals surface area (Å²) in [4.78, 5) is 6.64. The molecule has 0 atom stereocenters. The summed E-state index contributed by atoms with van der Waals surface area (Å²) in [6.45, 7) is 6.39. The molecule has 1 fully saturated rings. The van der Waals surface area contributed by atoms with Gasteiger partial charge in [-0.05, 0) is 44.0 Å². The number of anilines is 1. The highest BCUT2D eigenvalue weighted by atomic mass is 15.2. The smallest absolute Gasteiger partial charge is 0.129 e. The van der Waals surface area contributed by atoms with Crippen molar-refractivity contribution >= 4 is 5.82 Å². The molecule has 2 rings (SSSR count). The van der Waals surface area contributed by atoms with E-state index in [0.29, 0.717) is 5.56 Å². The van der Waals surface area contributed by atoms with Crippen LogP contribution < -0.4 is 10.2 Å². The Kier molecular flexibility index (Phi) is 4.54. The Balaban J connectivity index is 1.91. The number of pyridine rings is 1. The van der Waals surface area contributed by atoms with Crippen LogP contribution in [0.3, 0.4) is 0 Å². The SMILES string of the molecule is CCNCC1CCN(c2cc(C#N)ccn2)CC1. The Morgan fingerprint density at radius 2 is 2.28 bits per heavy atom. The number of piperidine rings is 1. The molecule has 0 aliphatic carbocycles. The first-order chi connectivity index (χ1) is 8.83. The van der Waals surface area contributed by atoms with E-state index in [4.69, 9.17) is 5.26 Å². The van der Waals surface area contributed by atoms with Crippen LogP contribution in [0.1, 0.15) is 25.3 Å². The second kappa shape index (κ2) is 6.36. The van der Waals surface area contributed by atoms with Crippen LogP contribution in [-0.4, -0.2) is 31.2 Å². The Morgan fingerprint density at radius 1 is 1.50 bits per heavy atom. The molecule has 4 heteroatoms. The zero-order valence-electron chi connectivity index (χ0n) is 10.9. The van der Waals surface area contributed by atoms with E-state index in [1.807, 2.05) is 6.07 Å². The first-order valence-electron chi connectivity index (χ1n) is 6.65. The number of aromatic nitrogens is 1. The van der Waals surface area contributed by atoms with E-state index in [-0.39, 0.29) is 0 Å². The summed E-state index contributed by atoms with van der Waals surface area (Å²) in [5.41, 5.74) is 0.690. The van der Waals surface area contributed by atoms with Crippen molar-refractivity contribution in [2.24, 2.45) is 5.92 Å². The van der Waals surface area contributed by atoms with Crippen molar-refractivity contribution in [3.05, 3.63) is 23.9 Å². The van der Waals surface area contributed by atoms with E-state index in [1.54, 1.807) is 12.3 Å². The fourth-order valence-electron chi connectivity index (χ4n) is 2.38. The minimum absolute atomic E-state index is 0.690. The summed E-state index contributed by atoms with van der Waals surface area (Å²) in [5, 5.41) is 12.3. The quantitative estimate of drug-likeness (QED) is 0.877. The van der Waals surface area contributed by atoms with Gasteiger partial charge in [0.2, 0.25) is 0 Å². The van der Waals surface area contributed by atoms with Gasteiger partial charge in [0, 0.05) is 19.3 Å². The van der Waals surface area contributed by atoms with Gasteiger partial charge in [-0.3, -0.25) is 0 Å². The Bertz CT molecular complexity index is 416. The average molecular weight is 244 g/mol. The predicted molar refractivity (Wildman–Crippen MR) is 72.4 cm³/mol. The molecule has 1 aromatic heterocycles. The largest absolute Gasteiger partial charge is 0.357 e. The molecule has 1 saturated heterocycles. The van der Waals surface area contributed by atoms with Crippen LogP contribution >= 0.6 is 0 Å². The van der Waals surface area contributed by atoms with Crippen LogP contribution in [0.25, 0.3) is 0 Å². The Morgan fingerprint density at radius 3 is 2.94 bits per heavy atom. The third-order valence-electron chi connectivity index (χ3n) is 3.50. The van der Waals surface area contributed by atoms with E-state index in [2.05, 4.69) is 28.2 Å². The van der Waals surface area contributed by atoms with Gasteiger partial charge in [-0.2, -0.15) is 5.26 Å². The molecule has 1 N–H and O–H groups in total. The number of hydrogen-bond acceptors (Lipinski definition) is 4. The lowest BCUT2D eigenvalue weighted by molar-refractivity contribution is 0.385. The number of nitriles is 1. The lowest BCUT2D eigenvalue weighted by atomic mass is 9.97. The van der Waals surface area contributed by atoms with Crippen LogP contribution in [0.4, 0.5) is 5.82 Å². The monoisotopic (exact) mass is 244 g/mol. The van der Waals surface area contributed by atoms with Gasteiger partial charge in [-0.1, -0.05) is 6.92 Å². The fraction of sp³-hybridized carbons (Fsp3) is 0.571. The molecule has 0 radical (unpaired) electrons. The maximum absolute atomic E-state index is 8.90. The van der Waals surface area contributed by atoms with Crippen LogP contribution in [-0.2, 0) is 0 Å². The van der Waals surface area contributed by atoms with Crippen molar-refractivity contribution in [2.45, 2.75) is 19.8 Å². The molecular formula is C14H20N4. The molecule has 0 amide bonds. The van der Waals surface area contributed by atoms with Gasteiger partial charge < -0.3 is 10.2 Å². The van der Waals surface area contributed by atoms with Crippen molar-refractivity contribution in [2.75, 3.05) is 31.1 Å². The predicted octanol–water partition coefficient (Wildman–Crippen LogP) is 1.78. The standard InChI is InChI=1S/C14H20N4/c1-2-16-11-12-4-7-18(8-5-12)14-9-13(10-15)3-6-17-14/h3,6,9,12,16H,2,4-5,7-8,11H2,1H3. The first kappa shape index (κ1) is 12.8. The second-order valence-electron chi connectivity index (χ2n) is 4.75. The summed E-state index contributed by atoms with van der Waals surface area (Å²) in [5.74, 6) is 1.72. The van der Waals surface area contributed by atoms with E-state index in [9.17, 15) is 0 Å². The number of rotatable bonds is 4. The highest BCUT2D eigenvalue weighted by Crippen LogP contribution is 2.21. The minimum atomic E-state index is 0.690. The molecule has 0 unspecified atom stereocenters. The van der Waals surface area contributed by atoms with Gasteiger partial charge in [0.15, 0.2) is 0 Å². The van der Waals surface area contributed by atoms with Crippen molar-refractivity contribution in [3.8, 4) is 6.07 Å². The van der Waals surface area contributed by atoms with Gasteiger partial charge in [-0.15, -0.1) is 0 Å². The fourth-order valence-corrected chi connectivity index (χ4v) is 2.38. The molecule has 0 aromatic carbocycles. The molecule has 0 bridgehead atoms. The number of nitrogens with one attached hydrogen (secondary N) is 1. The maximum atomic E-state index is 8.90. The highest BCUT2D eigenvalue weighted by molar-refractivity contribution is 5.45. The molecule has 96 valence electrons. The third-order valence-corrected chi connectivity index (χ3v) is 3.50. The second-order valence-corrected chi connectivity index (χ2v) is 4.75. The van der Waals surface area contributed by atoms with Gasteiger partial charge in [-0.25, -0.2) is 4.98 Å². The summed E-state index contributed by atoms with van der Waals surface area (Å²) >= 11 is 0. The van der Waals surface area contributed by atoms with Crippen LogP contribution in [0.15, 0.2) is 18.3 Å². The summed E-state index contributed by atoms with van der Waals surface area (Å²) in [6, 6.07) is 5.80. The molecule has 18 heavy (non-hydrogen) atoms. The van der Waals surface area contributed by atoms with E-state index in [0.717, 1.165) is 37.9 Å². The molecule has 2 heterocycles. The molecule has 0 saturated carbocycles. The topological polar surface area (TPSA) is 52.0 Å². The van der Waals surface area contributed by atoms with Crippen molar-refractivity contribution in [3.63, 3.8) is 0 Å². The van der Waals surface area contributed by atoms with Gasteiger partial charge in [0.25, 0.3) is 0 Å². The van der Waals surface area contributed by atoms with Crippen LogP contribution in [0.5, 0.6) is 0 Å². The van der Waals surface area contributed by atoms with E-state index in [1.165, 1.54) is 12.8 Å². The molecule has 4 nitrogen and oxygen atoms in total. The lowest BCUT2D eigenvalue weighted by Gasteiger charge is -2.32. The maximum Gasteiger partial charge on any atom is 0.129 e. The van der Waals surface area contributed by atoms with Gasteiger partial charge in [0.1, 0.15) is 5.82 Å². The van der Waals surface area contributed by atoms with Gasteiger partial charge >= 0.3 is 0 Å². The summed E-state index contributed by atoms with van der Waals surface area (Å²) < 4.78 is 0. The van der Waals surface area contributed by atoms with E-state index < -0.39 is 0 Å². The average Bonchev–Trinajstić information content (AvgIpc) is 2.46. The molecular weight excluding hydrogens is 224 g/mol.